The maximum atomic E-state index is 13.1. The molecule has 1 heterocycles. The zero-order valence-electron chi connectivity index (χ0n) is 13.5. The molecular weight excluding hydrogens is 407 g/mol. The maximum Gasteiger partial charge on any atom is 0.201 e. The third-order valence-electron chi connectivity index (χ3n) is 4.59. The second-order valence-corrected chi connectivity index (χ2v) is 7.85. The van der Waals surface area contributed by atoms with Gasteiger partial charge in [0.05, 0.1) is 24.9 Å². The molecule has 0 bridgehead atoms. The van der Waals surface area contributed by atoms with Crippen LogP contribution in [0, 0.1) is 5.41 Å². The van der Waals surface area contributed by atoms with E-state index in [0.717, 1.165) is 34.2 Å². The number of fused-ring (bicyclic) bond motifs is 1. The van der Waals surface area contributed by atoms with Gasteiger partial charge >= 0.3 is 0 Å². The van der Waals surface area contributed by atoms with Crippen molar-refractivity contribution in [2.45, 2.75) is 33.1 Å². The van der Waals surface area contributed by atoms with Gasteiger partial charge in [-0.3, -0.25) is 9.59 Å². The number of allylic oxidation sites excluding steroid dienone is 2. The van der Waals surface area contributed by atoms with Crippen LogP contribution in [0.15, 0.2) is 21.3 Å². The molecule has 0 fully saturated rings. The van der Waals surface area contributed by atoms with Gasteiger partial charge in [0, 0.05) is 21.0 Å². The molecule has 1 aromatic carbocycles. The highest BCUT2D eigenvalue weighted by Crippen LogP contribution is 2.42. The first-order chi connectivity index (χ1) is 10.9. The number of rotatable bonds is 3. The number of carbonyl (C=O) groups is 2. The number of hydrogen-bond donors (Lipinski definition) is 0. The van der Waals surface area contributed by atoms with Gasteiger partial charge in [0.2, 0.25) is 5.78 Å². The van der Waals surface area contributed by atoms with Gasteiger partial charge < -0.3 is 9.47 Å². The SMILES string of the molecule is COc1c(C(=O)C2=C(I)CCC(C)(C)C2=O)ccc2c1CCO2. The summed E-state index contributed by atoms with van der Waals surface area (Å²) in [5.74, 6) is 0.992. The maximum absolute atomic E-state index is 13.1. The Balaban J connectivity index is 2.09. The van der Waals surface area contributed by atoms with Crippen LogP contribution < -0.4 is 9.47 Å². The summed E-state index contributed by atoms with van der Waals surface area (Å²) in [4.78, 5) is 25.8. The van der Waals surface area contributed by atoms with Crippen molar-refractivity contribution in [2.75, 3.05) is 13.7 Å². The minimum absolute atomic E-state index is 0.0723. The van der Waals surface area contributed by atoms with Gasteiger partial charge in [-0.2, -0.15) is 0 Å². The first-order valence-corrected chi connectivity index (χ1v) is 8.75. The van der Waals surface area contributed by atoms with E-state index in [-0.39, 0.29) is 11.6 Å². The third-order valence-corrected chi connectivity index (χ3v) is 5.66. The number of methoxy groups -OCH3 is 1. The van der Waals surface area contributed by atoms with Crippen molar-refractivity contribution in [2.24, 2.45) is 5.41 Å². The topological polar surface area (TPSA) is 52.6 Å². The molecule has 0 N–H and O–H groups in total. The molecule has 2 aliphatic rings. The summed E-state index contributed by atoms with van der Waals surface area (Å²) < 4.78 is 11.9. The highest BCUT2D eigenvalue weighted by atomic mass is 127. The molecule has 3 rings (SSSR count). The van der Waals surface area contributed by atoms with Crippen molar-refractivity contribution in [3.8, 4) is 11.5 Å². The molecule has 5 heteroatoms. The zero-order valence-corrected chi connectivity index (χ0v) is 15.7. The summed E-state index contributed by atoms with van der Waals surface area (Å²) in [7, 11) is 1.55. The van der Waals surface area contributed by atoms with Gasteiger partial charge in [0.15, 0.2) is 5.78 Å². The van der Waals surface area contributed by atoms with Crippen molar-refractivity contribution in [1.82, 2.24) is 0 Å². The van der Waals surface area contributed by atoms with Crippen molar-refractivity contribution in [3.63, 3.8) is 0 Å². The van der Waals surface area contributed by atoms with E-state index in [0.29, 0.717) is 23.5 Å². The fourth-order valence-corrected chi connectivity index (χ4v) is 3.90. The Bertz CT molecular complexity index is 731. The molecule has 4 nitrogen and oxygen atoms in total. The smallest absolute Gasteiger partial charge is 0.201 e. The van der Waals surface area contributed by atoms with Crippen molar-refractivity contribution < 1.29 is 19.1 Å². The molecule has 0 spiro atoms. The van der Waals surface area contributed by atoms with Crippen LogP contribution in [0.25, 0.3) is 0 Å². The molecule has 1 aliphatic heterocycles. The monoisotopic (exact) mass is 426 g/mol. The molecule has 0 saturated carbocycles. The Morgan fingerprint density at radius 3 is 2.74 bits per heavy atom. The highest BCUT2D eigenvalue weighted by Gasteiger charge is 2.39. The predicted molar refractivity (Wildman–Crippen MR) is 95.6 cm³/mol. The second kappa shape index (κ2) is 5.92. The molecule has 1 aromatic rings. The van der Waals surface area contributed by atoms with E-state index in [1.54, 1.807) is 19.2 Å². The van der Waals surface area contributed by atoms with E-state index < -0.39 is 5.41 Å². The standard InChI is InChI=1S/C18H19IO4/c1-18(2)8-6-12(19)14(17(18)21)15(20)11-4-5-13-10(7-9-23-13)16(11)22-3/h4-5H,6-9H2,1-3H3. The number of carbonyl (C=O) groups excluding carboxylic acids is 2. The molecule has 0 aromatic heterocycles. The highest BCUT2D eigenvalue weighted by molar-refractivity contribution is 14.1. The minimum atomic E-state index is -0.493. The zero-order chi connectivity index (χ0) is 16.8. The number of ether oxygens (including phenoxy) is 2. The average molecular weight is 426 g/mol. The van der Waals surface area contributed by atoms with Crippen LogP contribution in [0.3, 0.4) is 0 Å². The van der Waals surface area contributed by atoms with Crippen molar-refractivity contribution in [3.05, 3.63) is 32.4 Å². The fraction of sp³-hybridized carbons (Fsp3) is 0.444. The molecule has 23 heavy (non-hydrogen) atoms. The van der Waals surface area contributed by atoms with Gasteiger partial charge in [0.25, 0.3) is 0 Å². The number of halogens is 1. The average Bonchev–Trinajstić information content (AvgIpc) is 2.99. The van der Waals surface area contributed by atoms with Crippen molar-refractivity contribution in [1.29, 1.82) is 0 Å². The quantitative estimate of drug-likeness (QED) is 0.418. The van der Waals surface area contributed by atoms with Gasteiger partial charge in [0.1, 0.15) is 11.5 Å². The first kappa shape index (κ1) is 16.5. The van der Waals surface area contributed by atoms with Crippen LogP contribution in [0.1, 0.15) is 42.6 Å². The lowest BCUT2D eigenvalue weighted by atomic mass is 9.74. The van der Waals surface area contributed by atoms with Gasteiger partial charge in [-0.1, -0.05) is 13.8 Å². The van der Waals surface area contributed by atoms with Crippen LogP contribution in [0.4, 0.5) is 0 Å². The van der Waals surface area contributed by atoms with E-state index in [4.69, 9.17) is 9.47 Å². The van der Waals surface area contributed by atoms with Crippen LogP contribution in [0.2, 0.25) is 0 Å². The van der Waals surface area contributed by atoms with Crippen molar-refractivity contribution >= 4 is 34.2 Å². The minimum Gasteiger partial charge on any atom is -0.496 e. The molecule has 0 amide bonds. The Hall–Kier alpha value is -1.37. The summed E-state index contributed by atoms with van der Waals surface area (Å²) in [6.45, 7) is 4.40. The number of benzene rings is 1. The van der Waals surface area contributed by atoms with E-state index in [9.17, 15) is 9.59 Å². The first-order valence-electron chi connectivity index (χ1n) is 7.67. The van der Waals surface area contributed by atoms with Crippen LogP contribution >= 0.6 is 22.6 Å². The van der Waals surface area contributed by atoms with Gasteiger partial charge in [-0.25, -0.2) is 0 Å². The lowest BCUT2D eigenvalue weighted by molar-refractivity contribution is -0.123. The molecule has 0 unspecified atom stereocenters. The summed E-state index contributed by atoms with van der Waals surface area (Å²) in [6.07, 6.45) is 2.25. The van der Waals surface area contributed by atoms with Crippen LogP contribution in [0.5, 0.6) is 11.5 Å². The lowest BCUT2D eigenvalue weighted by Crippen LogP contribution is -2.33. The Labute approximate surface area is 149 Å². The number of ketones is 2. The van der Waals surface area contributed by atoms with E-state index in [2.05, 4.69) is 22.6 Å². The van der Waals surface area contributed by atoms with E-state index in [1.165, 1.54) is 0 Å². The molecule has 0 saturated heterocycles. The Morgan fingerprint density at radius 1 is 1.30 bits per heavy atom. The van der Waals surface area contributed by atoms with E-state index >= 15 is 0 Å². The summed E-state index contributed by atoms with van der Waals surface area (Å²) >= 11 is 2.13. The lowest BCUT2D eigenvalue weighted by Gasteiger charge is -2.29. The number of hydrogen-bond acceptors (Lipinski definition) is 4. The molecule has 1 aliphatic carbocycles. The Kier molecular flexibility index (Phi) is 4.25. The summed E-state index contributed by atoms with van der Waals surface area (Å²) in [6, 6.07) is 3.50. The van der Waals surface area contributed by atoms with Gasteiger partial charge in [-0.15, -0.1) is 0 Å². The third kappa shape index (κ3) is 2.69. The number of Topliss-reactive ketones (excluding diaryl/α,β-unsaturated/α-hetero) is 2. The second-order valence-electron chi connectivity index (χ2n) is 6.54. The Morgan fingerprint density at radius 2 is 2.04 bits per heavy atom. The van der Waals surface area contributed by atoms with Crippen LogP contribution in [-0.2, 0) is 11.2 Å². The predicted octanol–water partition coefficient (Wildman–Crippen LogP) is 3.89. The largest absolute Gasteiger partial charge is 0.496 e. The van der Waals surface area contributed by atoms with E-state index in [1.807, 2.05) is 13.8 Å². The summed E-state index contributed by atoms with van der Waals surface area (Å²) in [5.41, 5.74) is 1.19. The summed E-state index contributed by atoms with van der Waals surface area (Å²) in [5, 5.41) is 0. The van der Waals surface area contributed by atoms with Gasteiger partial charge in [-0.05, 0) is 47.6 Å². The molecule has 122 valence electrons. The van der Waals surface area contributed by atoms with Crippen LogP contribution in [-0.4, -0.2) is 25.3 Å². The fourth-order valence-electron chi connectivity index (χ4n) is 3.14. The molecular formula is C18H19IO4. The normalized spacial score (nSPS) is 19.4. The molecule has 0 atom stereocenters. The molecule has 0 radical (unpaired) electrons.